The van der Waals surface area contributed by atoms with Crippen LogP contribution in [0, 0.1) is 6.92 Å². The molecule has 19 heavy (non-hydrogen) atoms. The molecule has 0 saturated carbocycles. The predicted molar refractivity (Wildman–Crippen MR) is 72.6 cm³/mol. The number of nitrogens with zero attached hydrogens (tertiary/aromatic N) is 3. The lowest BCUT2D eigenvalue weighted by molar-refractivity contribution is 0.0593. The van der Waals surface area contributed by atoms with Gasteiger partial charge in [0.15, 0.2) is 11.5 Å². The Balaban J connectivity index is 2.34. The van der Waals surface area contributed by atoms with Gasteiger partial charge in [-0.3, -0.25) is 4.98 Å². The number of aromatic nitrogens is 2. The van der Waals surface area contributed by atoms with E-state index in [2.05, 4.69) is 14.7 Å². The largest absolute Gasteiger partial charge is 0.464 e. The first-order valence-corrected chi connectivity index (χ1v) is 5.82. The molecular weight excluding hydrogens is 242 g/mol. The zero-order chi connectivity index (χ0) is 13.8. The molecule has 0 atom stereocenters. The normalized spacial score (nSPS) is 10.1. The third kappa shape index (κ3) is 2.88. The van der Waals surface area contributed by atoms with Crippen LogP contribution in [0.1, 0.15) is 16.1 Å². The van der Waals surface area contributed by atoms with Crippen LogP contribution in [0.5, 0.6) is 0 Å². The van der Waals surface area contributed by atoms with Gasteiger partial charge in [0.2, 0.25) is 0 Å². The van der Waals surface area contributed by atoms with Crippen molar-refractivity contribution in [3.63, 3.8) is 0 Å². The van der Waals surface area contributed by atoms with Crippen LogP contribution in [0.25, 0.3) is 0 Å². The van der Waals surface area contributed by atoms with Crippen molar-refractivity contribution in [1.29, 1.82) is 0 Å². The second-order valence-corrected chi connectivity index (χ2v) is 4.15. The minimum absolute atomic E-state index is 0.194. The van der Waals surface area contributed by atoms with E-state index in [0.717, 1.165) is 11.3 Å². The van der Waals surface area contributed by atoms with Crippen LogP contribution in [-0.4, -0.2) is 30.1 Å². The molecular formula is C14H15N3O2. The van der Waals surface area contributed by atoms with E-state index in [1.165, 1.54) is 13.3 Å². The Hall–Kier alpha value is -2.43. The molecule has 5 heteroatoms. The standard InChI is InChI=1S/C14H15N3O2/c1-10-5-4-6-11(7-10)17(2)13-9-15-8-12(16-13)14(18)19-3/h4-9H,1-3H3. The van der Waals surface area contributed by atoms with Crippen LogP contribution < -0.4 is 4.90 Å². The second kappa shape index (κ2) is 5.48. The van der Waals surface area contributed by atoms with Crippen LogP contribution in [0.2, 0.25) is 0 Å². The first-order valence-electron chi connectivity index (χ1n) is 5.82. The van der Waals surface area contributed by atoms with Gasteiger partial charge >= 0.3 is 5.97 Å². The molecule has 0 saturated heterocycles. The average molecular weight is 257 g/mol. The van der Waals surface area contributed by atoms with Crippen LogP contribution in [0.3, 0.4) is 0 Å². The maximum Gasteiger partial charge on any atom is 0.358 e. The first-order chi connectivity index (χ1) is 9.11. The van der Waals surface area contributed by atoms with Gasteiger partial charge < -0.3 is 9.64 Å². The summed E-state index contributed by atoms with van der Waals surface area (Å²) < 4.78 is 4.64. The highest BCUT2D eigenvalue weighted by molar-refractivity contribution is 5.87. The molecule has 0 aliphatic heterocycles. The second-order valence-electron chi connectivity index (χ2n) is 4.15. The van der Waals surface area contributed by atoms with Gasteiger partial charge in [0.05, 0.1) is 19.5 Å². The summed E-state index contributed by atoms with van der Waals surface area (Å²) in [6.45, 7) is 2.02. The lowest BCUT2D eigenvalue weighted by Gasteiger charge is -2.18. The third-order valence-electron chi connectivity index (χ3n) is 2.75. The molecule has 2 aromatic rings. The Morgan fingerprint density at radius 1 is 1.32 bits per heavy atom. The van der Waals surface area contributed by atoms with Gasteiger partial charge in [0.25, 0.3) is 0 Å². The molecule has 1 heterocycles. The molecule has 0 fully saturated rings. The van der Waals surface area contributed by atoms with E-state index in [-0.39, 0.29) is 5.69 Å². The highest BCUT2D eigenvalue weighted by atomic mass is 16.5. The van der Waals surface area contributed by atoms with Crippen molar-refractivity contribution < 1.29 is 9.53 Å². The fraction of sp³-hybridized carbons (Fsp3) is 0.214. The summed E-state index contributed by atoms with van der Waals surface area (Å²) in [5.74, 6) is 0.0977. The number of carbonyl (C=O) groups excluding carboxylic acids is 1. The highest BCUT2D eigenvalue weighted by Crippen LogP contribution is 2.21. The van der Waals surface area contributed by atoms with Crippen molar-refractivity contribution in [2.24, 2.45) is 0 Å². The Labute approximate surface area is 111 Å². The summed E-state index contributed by atoms with van der Waals surface area (Å²) in [6, 6.07) is 8.00. The number of methoxy groups -OCH3 is 1. The molecule has 2 rings (SSSR count). The number of anilines is 2. The number of rotatable bonds is 3. The van der Waals surface area contributed by atoms with E-state index < -0.39 is 5.97 Å². The third-order valence-corrected chi connectivity index (χ3v) is 2.75. The molecule has 0 aliphatic rings. The number of hydrogen-bond acceptors (Lipinski definition) is 5. The summed E-state index contributed by atoms with van der Waals surface area (Å²) in [4.78, 5) is 21.6. The monoisotopic (exact) mass is 257 g/mol. The minimum atomic E-state index is -0.494. The maximum atomic E-state index is 11.4. The Kier molecular flexibility index (Phi) is 3.75. The Bertz CT molecular complexity index is 599. The van der Waals surface area contributed by atoms with Gasteiger partial charge in [0.1, 0.15) is 0 Å². The van der Waals surface area contributed by atoms with Crippen LogP contribution in [-0.2, 0) is 4.74 Å². The molecule has 98 valence electrons. The molecule has 0 radical (unpaired) electrons. The fourth-order valence-electron chi connectivity index (χ4n) is 1.69. The predicted octanol–water partition coefficient (Wildman–Crippen LogP) is 2.34. The summed E-state index contributed by atoms with van der Waals surface area (Å²) in [7, 11) is 3.20. The number of carbonyl (C=O) groups is 1. The molecule has 0 N–H and O–H groups in total. The number of esters is 1. The molecule has 5 nitrogen and oxygen atoms in total. The zero-order valence-electron chi connectivity index (χ0n) is 11.1. The molecule has 0 spiro atoms. The fourth-order valence-corrected chi connectivity index (χ4v) is 1.69. The summed E-state index contributed by atoms with van der Waals surface area (Å²) in [6.07, 6.45) is 2.99. The van der Waals surface area contributed by atoms with Crippen molar-refractivity contribution in [1.82, 2.24) is 9.97 Å². The number of ether oxygens (including phenoxy) is 1. The molecule has 0 unspecified atom stereocenters. The smallest absolute Gasteiger partial charge is 0.358 e. The van der Waals surface area contributed by atoms with Gasteiger partial charge in [-0.25, -0.2) is 9.78 Å². The van der Waals surface area contributed by atoms with E-state index in [1.54, 1.807) is 6.20 Å². The van der Waals surface area contributed by atoms with Gasteiger partial charge in [-0.05, 0) is 24.6 Å². The van der Waals surface area contributed by atoms with Crippen molar-refractivity contribution >= 4 is 17.5 Å². The van der Waals surface area contributed by atoms with E-state index in [4.69, 9.17) is 0 Å². The summed E-state index contributed by atoms with van der Waals surface area (Å²) in [5.41, 5.74) is 2.33. The lowest BCUT2D eigenvalue weighted by Crippen LogP contribution is -2.14. The maximum absolute atomic E-state index is 11.4. The lowest BCUT2D eigenvalue weighted by atomic mass is 10.2. The summed E-state index contributed by atoms with van der Waals surface area (Å²) >= 11 is 0. The number of benzene rings is 1. The van der Waals surface area contributed by atoms with E-state index >= 15 is 0 Å². The van der Waals surface area contributed by atoms with Gasteiger partial charge in [0, 0.05) is 12.7 Å². The molecule has 1 aromatic carbocycles. The highest BCUT2D eigenvalue weighted by Gasteiger charge is 2.11. The molecule has 0 amide bonds. The van der Waals surface area contributed by atoms with Gasteiger partial charge in [-0.15, -0.1) is 0 Å². The first kappa shape index (κ1) is 13.0. The Morgan fingerprint density at radius 2 is 2.11 bits per heavy atom. The zero-order valence-corrected chi connectivity index (χ0v) is 11.1. The van der Waals surface area contributed by atoms with Gasteiger partial charge in [-0.2, -0.15) is 0 Å². The van der Waals surface area contributed by atoms with Crippen LogP contribution >= 0.6 is 0 Å². The summed E-state index contributed by atoms with van der Waals surface area (Å²) in [5, 5.41) is 0. The average Bonchev–Trinajstić information content (AvgIpc) is 2.45. The van der Waals surface area contributed by atoms with Crippen molar-refractivity contribution in [3.05, 3.63) is 47.9 Å². The van der Waals surface area contributed by atoms with E-state index in [9.17, 15) is 4.79 Å². The minimum Gasteiger partial charge on any atom is -0.464 e. The number of hydrogen-bond donors (Lipinski definition) is 0. The quantitative estimate of drug-likeness (QED) is 0.790. The van der Waals surface area contributed by atoms with Crippen LogP contribution in [0.4, 0.5) is 11.5 Å². The van der Waals surface area contributed by atoms with E-state index in [1.807, 2.05) is 43.1 Å². The van der Waals surface area contributed by atoms with E-state index in [0.29, 0.717) is 5.82 Å². The molecule has 0 bridgehead atoms. The molecule has 0 aliphatic carbocycles. The topological polar surface area (TPSA) is 55.3 Å². The van der Waals surface area contributed by atoms with Crippen molar-refractivity contribution in [2.75, 3.05) is 19.1 Å². The van der Waals surface area contributed by atoms with Crippen LogP contribution in [0.15, 0.2) is 36.7 Å². The SMILES string of the molecule is COC(=O)c1cncc(N(C)c2cccc(C)c2)n1. The van der Waals surface area contributed by atoms with Crippen molar-refractivity contribution in [3.8, 4) is 0 Å². The Morgan fingerprint density at radius 3 is 2.79 bits per heavy atom. The van der Waals surface area contributed by atoms with Gasteiger partial charge in [-0.1, -0.05) is 12.1 Å². The molecule has 1 aromatic heterocycles. The van der Waals surface area contributed by atoms with Crippen molar-refractivity contribution in [2.45, 2.75) is 6.92 Å². The number of aryl methyl sites for hydroxylation is 1.